The molecule has 11 rings (SSSR count). The van der Waals surface area contributed by atoms with Gasteiger partial charge in [-0.25, -0.2) is 0 Å². The van der Waals surface area contributed by atoms with Crippen LogP contribution in [0.1, 0.15) is 76.6 Å². The molecule has 0 aromatic heterocycles. The van der Waals surface area contributed by atoms with Gasteiger partial charge in [-0.1, -0.05) is 169 Å². The van der Waals surface area contributed by atoms with Gasteiger partial charge in [0.25, 0.3) is 0 Å². The molecule has 10 aromatic rings. The summed E-state index contributed by atoms with van der Waals surface area (Å²) in [6.07, 6.45) is 4.03. The monoisotopic (exact) mass is 761 g/mol. The summed E-state index contributed by atoms with van der Waals surface area (Å²) < 4.78 is 0. The number of hydrogen-bond acceptors (Lipinski definition) is 1. The maximum absolute atomic E-state index is 6.30. The topological polar surface area (TPSA) is 26.0 Å². The Morgan fingerprint density at radius 3 is 1.22 bits per heavy atom. The van der Waals surface area contributed by atoms with Crippen LogP contribution in [0.4, 0.5) is 0 Å². The Kier molecular flexibility index (Phi) is 7.64. The first-order chi connectivity index (χ1) is 28.4. The van der Waals surface area contributed by atoms with E-state index in [9.17, 15) is 0 Å². The lowest BCUT2D eigenvalue weighted by Gasteiger charge is -2.29. The van der Waals surface area contributed by atoms with E-state index in [4.69, 9.17) is 5.73 Å². The van der Waals surface area contributed by atoms with E-state index in [1.165, 1.54) is 120 Å². The third-order valence-electron chi connectivity index (χ3n) is 14.0. The fraction of sp³-hybridized carbons (Fsp3) is 0.207. The largest absolute Gasteiger partial charge is 0.330 e. The molecule has 0 atom stereocenters. The standard InChI is InChI=1S/C58H51N/c1-8-58(26-9-27-59)50-32-36(44-20-14-34-10-12-38-28-42(56(2,3)4)30-40-18-24-48(44)54(34)52(38)40)16-22-46(50)47-23-17-37(33-51(47)58)45-21-15-35-11-13-39-29-43(57(5,6)7)31-41-19-25-49(45)55(35)53(39)41/h8,10-25,28-33H,1,9,26-27,59H2,2-7H3. The van der Waals surface area contributed by atoms with Gasteiger partial charge in [-0.2, -0.15) is 0 Å². The van der Waals surface area contributed by atoms with Crippen molar-refractivity contribution >= 4 is 64.6 Å². The molecule has 1 aliphatic rings. The Morgan fingerprint density at radius 1 is 0.458 bits per heavy atom. The number of rotatable bonds is 6. The summed E-state index contributed by atoms with van der Waals surface area (Å²) in [6.45, 7) is 19.0. The van der Waals surface area contributed by atoms with Crippen LogP contribution in [0.2, 0.25) is 0 Å². The molecule has 0 spiro atoms. The highest BCUT2D eigenvalue weighted by Crippen LogP contribution is 2.55. The zero-order valence-electron chi connectivity index (χ0n) is 35.2. The van der Waals surface area contributed by atoms with Crippen molar-refractivity contribution in [1.29, 1.82) is 0 Å². The van der Waals surface area contributed by atoms with Crippen LogP contribution >= 0.6 is 0 Å². The van der Waals surface area contributed by atoms with Crippen molar-refractivity contribution in [1.82, 2.24) is 0 Å². The zero-order chi connectivity index (χ0) is 40.6. The average molecular weight is 762 g/mol. The molecule has 1 aliphatic carbocycles. The van der Waals surface area contributed by atoms with Gasteiger partial charge in [0.2, 0.25) is 0 Å². The van der Waals surface area contributed by atoms with Crippen LogP contribution in [0.5, 0.6) is 0 Å². The van der Waals surface area contributed by atoms with E-state index in [0.29, 0.717) is 6.54 Å². The molecule has 0 fully saturated rings. The lowest BCUT2D eigenvalue weighted by atomic mass is 9.73. The smallest absolute Gasteiger partial charge is 0.0392 e. The molecule has 10 aromatic carbocycles. The van der Waals surface area contributed by atoms with Gasteiger partial charge in [0, 0.05) is 5.41 Å². The Balaban J connectivity index is 1.07. The average Bonchev–Trinajstić information content (AvgIpc) is 3.51. The summed E-state index contributed by atoms with van der Waals surface area (Å²) >= 11 is 0. The van der Waals surface area contributed by atoms with Crippen molar-refractivity contribution in [2.75, 3.05) is 6.54 Å². The number of hydrogen-bond donors (Lipinski definition) is 1. The van der Waals surface area contributed by atoms with Crippen LogP contribution in [-0.4, -0.2) is 6.54 Å². The second-order valence-corrected chi connectivity index (χ2v) is 19.5. The van der Waals surface area contributed by atoms with Crippen LogP contribution in [0.15, 0.2) is 146 Å². The van der Waals surface area contributed by atoms with Crippen LogP contribution in [0.25, 0.3) is 98.0 Å². The molecule has 1 nitrogen and oxygen atoms in total. The lowest BCUT2D eigenvalue weighted by molar-refractivity contribution is 0.568. The molecule has 59 heavy (non-hydrogen) atoms. The summed E-state index contributed by atoms with van der Waals surface area (Å²) in [7, 11) is 0. The summed E-state index contributed by atoms with van der Waals surface area (Å²) in [5, 5.41) is 15.9. The fourth-order valence-corrected chi connectivity index (χ4v) is 10.8. The molecule has 288 valence electrons. The Labute approximate surface area is 347 Å². The van der Waals surface area contributed by atoms with Gasteiger partial charge in [-0.3, -0.25) is 0 Å². The van der Waals surface area contributed by atoms with Crippen molar-refractivity contribution in [2.45, 2.75) is 70.6 Å². The third-order valence-corrected chi connectivity index (χ3v) is 14.0. The molecule has 0 unspecified atom stereocenters. The van der Waals surface area contributed by atoms with Crippen LogP contribution in [0, 0.1) is 0 Å². The molecule has 0 amide bonds. The van der Waals surface area contributed by atoms with Gasteiger partial charge in [0.1, 0.15) is 0 Å². The van der Waals surface area contributed by atoms with E-state index in [1.807, 2.05) is 0 Å². The molecule has 2 N–H and O–H groups in total. The second-order valence-electron chi connectivity index (χ2n) is 19.5. The predicted molar refractivity (Wildman–Crippen MR) is 257 cm³/mol. The van der Waals surface area contributed by atoms with Crippen molar-refractivity contribution in [3.05, 3.63) is 168 Å². The predicted octanol–water partition coefficient (Wildman–Crippen LogP) is 15.6. The highest BCUT2D eigenvalue weighted by atomic mass is 14.5. The summed E-state index contributed by atoms with van der Waals surface area (Å²) in [5.41, 5.74) is 19.1. The van der Waals surface area contributed by atoms with Gasteiger partial charge in [0.05, 0.1) is 0 Å². The maximum Gasteiger partial charge on any atom is 0.0392 e. The Bertz CT molecular complexity index is 3090. The van der Waals surface area contributed by atoms with Crippen LogP contribution in [0.3, 0.4) is 0 Å². The van der Waals surface area contributed by atoms with Crippen LogP contribution in [-0.2, 0) is 16.2 Å². The molecule has 0 aliphatic heterocycles. The first-order valence-corrected chi connectivity index (χ1v) is 21.5. The van der Waals surface area contributed by atoms with E-state index in [2.05, 4.69) is 188 Å². The summed E-state index contributed by atoms with van der Waals surface area (Å²) in [6, 6.07) is 51.9. The van der Waals surface area contributed by atoms with Crippen molar-refractivity contribution in [2.24, 2.45) is 5.73 Å². The van der Waals surface area contributed by atoms with Gasteiger partial charge >= 0.3 is 0 Å². The number of allylic oxidation sites excluding steroid dienone is 1. The summed E-state index contributed by atoms with van der Waals surface area (Å²) in [4.78, 5) is 0. The van der Waals surface area contributed by atoms with E-state index in [-0.39, 0.29) is 16.2 Å². The van der Waals surface area contributed by atoms with E-state index in [0.717, 1.165) is 12.8 Å². The third kappa shape index (κ3) is 5.20. The maximum atomic E-state index is 6.30. The first kappa shape index (κ1) is 36.1. The first-order valence-electron chi connectivity index (χ1n) is 21.5. The Hall–Kier alpha value is -6.02. The quantitative estimate of drug-likeness (QED) is 0.133. The lowest BCUT2D eigenvalue weighted by Crippen LogP contribution is -2.23. The molecule has 0 saturated heterocycles. The van der Waals surface area contributed by atoms with Crippen molar-refractivity contribution < 1.29 is 0 Å². The minimum atomic E-state index is -0.365. The number of fused-ring (bicyclic) bond motifs is 3. The van der Waals surface area contributed by atoms with Crippen molar-refractivity contribution in [3.8, 4) is 33.4 Å². The van der Waals surface area contributed by atoms with Crippen molar-refractivity contribution in [3.63, 3.8) is 0 Å². The summed E-state index contributed by atoms with van der Waals surface area (Å²) in [5.74, 6) is 0. The zero-order valence-corrected chi connectivity index (χ0v) is 35.2. The molecular formula is C58H51N. The number of nitrogens with two attached hydrogens (primary N) is 1. The molecule has 0 saturated carbocycles. The molecular weight excluding hydrogens is 711 g/mol. The van der Waals surface area contributed by atoms with Gasteiger partial charge < -0.3 is 5.73 Å². The molecule has 0 bridgehead atoms. The van der Waals surface area contributed by atoms with E-state index >= 15 is 0 Å². The highest BCUT2D eigenvalue weighted by Gasteiger charge is 2.41. The van der Waals surface area contributed by atoms with Crippen LogP contribution < -0.4 is 5.73 Å². The molecule has 0 heterocycles. The second kappa shape index (κ2) is 12.5. The van der Waals surface area contributed by atoms with Gasteiger partial charge in [-0.15, -0.1) is 6.58 Å². The number of benzene rings is 10. The SMILES string of the molecule is C=CC1(CCCN)c2cc(-c3ccc4ccc5cc(C(C)(C)C)cc6ccc3c4c56)ccc2-c2ccc(-c3ccc4ccc5cc(C(C)(C)C)cc6ccc3c4c56)cc21. The minimum absolute atomic E-state index is 0.0820. The molecule has 0 radical (unpaired) electrons. The Morgan fingerprint density at radius 2 is 0.831 bits per heavy atom. The highest BCUT2D eigenvalue weighted by molar-refractivity contribution is 6.27. The fourth-order valence-electron chi connectivity index (χ4n) is 10.8. The van der Waals surface area contributed by atoms with E-state index in [1.54, 1.807) is 0 Å². The normalized spacial score (nSPS) is 14.1. The van der Waals surface area contributed by atoms with E-state index < -0.39 is 0 Å². The minimum Gasteiger partial charge on any atom is -0.330 e. The molecule has 1 heteroatoms. The van der Waals surface area contributed by atoms with Gasteiger partial charge in [0.15, 0.2) is 0 Å². The van der Waals surface area contributed by atoms with Gasteiger partial charge in [-0.05, 0) is 163 Å².